The summed E-state index contributed by atoms with van der Waals surface area (Å²) in [5, 5.41) is 0. The van der Waals surface area contributed by atoms with Gasteiger partial charge in [0.1, 0.15) is 5.82 Å². The molecule has 0 aromatic heterocycles. The van der Waals surface area contributed by atoms with Gasteiger partial charge in [-0.25, -0.2) is 4.39 Å². The van der Waals surface area contributed by atoms with Gasteiger partial charge in [0, 0.05) is 5.88 Å². The van der Waals surface area contributed by atoms with Crippen LogP contribution in [0.2, 0.25) is 0 Å². The van der Waals surface area contributed by atoms with Crippen LogP contribution in [0.15, 0.2) is 34.8 Å². The normalized spacial score (nSPS) is 11.1. The lowest BCUT2D eigenvalue weighted by atomic mass is 10.1. The largest absolute Gasteiger partial charge is 0.206 e. The Hall–Kier alpha value is -0.340. The fraction of sp³-hybridized carbons (Fsp3) is 0.273. The van der Waals surface area contributed by atoms with E-state index in [-0.39, 0.29) is 5.82 Å². The molecule has 14 heavy (non-hydrogen) atoms. The van der Waals surface area contributed by atoms with E-state index < -0.39 is 0 Å². The smallest absolute Gasteiger partial charge is 0.137 e. The molecule has 1 aromatic rings. The molecule has 0 saturated heterocycles. The molecule has 0 N–H and O–H groups in total. The number of rotatable bonds is 4. The molecule has 0 fully saturated rings. The third-order valence-electron chi connectivity index (χ3n) is 1.81. The molecule has 0 radical (unpaired) electrons. The molecule has 1 rings (SSSR count). The summed E-state index contributed by atoms with van der Waals surface area (Å²) in [5.41, 5.74) is 0.954. The highest BCUT2D eigenvalue weighted by Crippen LogP contribution is 2.20. The predicted octanol–water partition coefficient (Wildman–Crippen LogP) is 4.32. The Labute approximate surface area is 96.9 Å². The van der Waals surface area contributed by atoms with Gasteiger partial charge in [0.25, 0.3) is 0 Å². The highest BCUT2D eigenvalue weighted by atomic mass is 79.9. The summed E-state index contributed by atoms with van der Waals surface area (Å²) >= 11 is 8.73. The van der Waals surface area contributed by atoms with Gasteiger partial charge in [-0.2, -0.15) is 0 Å². The van der Waals surface area contributed by atoms with E-state index in [1.54, 1.807) is 6.07 Å². The summed E-state index contributed by atoms with van der Waals surface area (Å²) in [5.74, 6) is 0.411. The summed E-state index contributed by atoms with van der Waals surface area (Å²) < 4.78 is 13.6. The molecular formula is C11H11BrClF. The summed E-state index contributed by atoms with van der Waals surface area (Å²) in [7, 11) is 0. The lowest BCUT2D eigenvalue weighted by Gasteiger charge is -2.01. The molecular weight excluding hydrogens is 266 g/mol. The maximum atomic E-state index is 13.1. The quantitative estimate of drug-likeness (QED) is 0.568. The van der Waals surface area contributed by atoms with Crippen molar-refractivity contribution in [2.45, 2.75) is 12.8 Å². The summed E-state index contributed by atoms with van der Waals surface area (Å²) in [6.45, 7) is 0. The van der Waals surface area contributed by atoms with Crippen LogP contribution in [0.1, 0.15) is 12.0 Å². The van der Waals surface area contributed by atoms with Crippen LogP contribution in [-0.4, -0.2) is 5.88 Å². The molecule has 0 aliphatic rings. The fourth-order valence-electron chi connectivity index (χ4n) is 1.10. The van der Waals surface area contributed by atoms with E-state index in [1.165, 1.54) is 6.07 Å². The first-order chi connectivity index (χ1) is 6.75. The zero-order chi connectivity index (χ0) is 10.4. The molecule has 0 heterocycles. The van der Waals surface area contributed by atoms with Crippen molar-refractivity contribution >= 4 is 27.5 Å². The van der Waals surface area contributed by atoms with Crippen LogP contribution in [0.25, 0.3) is 0 Å². The van der Waals surface area contributed by atoms with Gasteiger partial charge in [-0.1, -0.05) is 24.3 Å². The molecule has 0 bridgehead atoms. The number of alkyl halides is 1. The number of benzene rings is 1. The highest BCUT2D eigenvalue weighted by molar-refractivity contribution is 9.10. The lowest BCUT2D eigenvalue weighted by Crippen LogP contribution is -1.86. The van der Waals surface area contributed by atoms with E-state index in [0.717, 1.165) is 18.4 Å². The van der Waals surface area contributed by atoms with Gasteiger partial charge in [-0.15, -0.1) is 11.6 Å². The monoisotopic (exact) mass is 276 g/mol. The zero-order valence-electron chi connectivity index (χ0n) is 7.64. The average molecular weight is 278 g/mol. The van der Waals surface area contributed by atoms with Crippen molar-refractivity contribution in [1.29, 1.82) is 0 Å². The van der Waals surface area contributed by atoms with Crippen LogP contribution in [0.5, 0.6) is 0 Å². The van der Waals surface area contributed by atoms with Crippen molar-refractivity contribution in [2.75, 3.05) is 5.88 Å². The maximum absolute atomic E-state index is 13.1. The molecule has 0 nitrogen and oxygen atoms in total. The van der Waals surface area contributed by atoms with Crippen molar-refractivity contribution in [3.63, 3.8) is 0 Å². The SMILES string of the molecule is Fc1cccc(C/C=C/CCCl)c1Br. The van der Waals surface area contributed by atoms with Gasteiger partial charge < -0.3 is 0 Å². The van der Waals surface area contributed by atoms with E-state index >= 15 is 0 Å². The van der Waals surface area contributed by atoms with Gasteiger partial charge in [0.05, 0.1) is 4.47 Å². The summed E-state index contributed by atoms with van der Waals surface area (Å²) in [4.78, 5) is 0. The first-order valence-electron chi connectivity index (χ1n) is 4.39. The van der Waals surface area contributed by atoms with Gasteiger partial charge >= 0.3 is 0 Å². The van der Waals surface area contributed by atoms with Crippen molar-refractivity contribution < 1.29 is 4.39 Å². The minimum Gasteiger partial charge on any atom is -0.206 e. The van der Waals surface area contributed by atoms with Crippen molar-refractivity contribution in [1.82, 2.24) is 0 Å². The first kappa shape index (κ1) is 11.7. The Kier molecular flexibility index (Phi) is 5.20. The molecule has 0 saturated carbocycles. The second kappa shape index (κ2) is 6.20. The van der Waals surface area contributed by atoms with Gasteiger partial charge in [-0.05, 0) is 40.4 Å². The van der Waals surface area contributed by atoms with Crippen LogP contribution < -0.4 is 0 Å². The third-order valence-corrected chi connectivity index (χ3v) is 2.92. The van der Waals surface area contributed by atoms with E-state index in [9.17, 15) is 4.39 Å². The minimum atomic E-state index is -0.215. The third kappa shape index (κ3) is 3.43. The molecule has 0 aliphatic carbocycles. The molecule has 0 atom stereocenters. The Morgan fingerprint density at radius 1 is 1.36 bits per heavy atom. The van der Waals surface area contributed by atoms with E-state index in [1.807, 2.05) is 18.2 Å². The van der Waals surface area contributed by atoms with Gasteiger partial charge in [-0.3, -0.25) is 0 Å². The lowest BCUT2D eigenvalue weighted by molar-refractivity contribution is 0.619. The minimum absolute atomic E-state index is 0.215. The van der Waals surface area contributed by atoms with E-state index in [0.29, 0.717) is 10.4 Å². The second-order valence-electron chi connectivity index (χ2n) is 2.87. The standard InChI is InChI=1S/C11H11BrClF/c12-11-9(5-2-1-3-8-13)6-4-7-10(11)14/h1-2,4,6-7H,3,5,8H2/b2-1+. The Morgan fingerprint density at radius 3 is 2.86 bits per heavy atom. The van der Waals surface area contributed by atoms with Crippen LogP contribution in [0.3, 0.4) is 0 Å². The number of halogens is 3. The molecule has 0 aliphatic heterocycles. The fourth-order valence-corrected chi connectivity index (χ4v) is 1.65. The van der Waals surface area contributed by atoms with Crippen LogP contribution in [-0.2, 0) is 6.42 Å². The molecule has 0 spiro atoms. The Balaban J connectivity index is 2.63. The number of hydrogen-bond donors (Lipinski definition) is 0. The second-order valence-corrected chi connectivity index (χ2v) is 4.04. The van der Waals surface area contributed by atoms with Crippen molar-refractivity contribution in [3.8, 4) is 0 Å². The number of allylic oxidation sites excluding steroid dienone is 2. The molecule has 3 heteroatoms. The number of hydrogen-bond acceptors (Lipinski definition) is 0. The molecule has 76 valence electrons. The Bertz CT molecular complexity index is 323. The van der Waals surface area contributed by atoms with Crippen LogP contribution in [0, 0.1) is 5.82 Å². The van der Waals surface area contributed by atoms with E-state index in [2.05, 4.69) is 15.9 Å². The Morgan fingerprint density at radius 2 is 2.14 bits per heavy atom. The topological polar surface area (TPSA) is 0 Å². The zero-order valence-corrected chi connectivity index (χ0v) is 9.98. The van der Waals surface area contributed by atoms with Crippen LogP contribution >= 0.6 is 27.5 Å². The van der Waals surface area contributed by atoms with Crippen molar-refractivity contribution in [3.05, 3.63) is 46.2 Å². The van der Waals surface area contributed by atoms with E-state index in [4.69, 9.17) is 11.6 Å². The van der Waals surface area contributed by atoms with Gasteiger partial charge in [0.15, 0.2) is 0 Å². The van der Waals surface area contributed by atoms with Crippen LogP contribution in [0.4, 0.5) is 4.39 Å². The molecule has 1 aromatic carbocycles. The van der Waals surface area contributed by atoms with Gasteiger partial charge in [0.2, 0.25) is 0 Å². The summed E-state index contributed by atoms with van der Waals surface area (Å²) in [6, 6.07) is 5.05. The molecule has 0 amide bonds. The summed E-state index contributed by atoms with van der Waals surface area (Å²) in [6.07, 6.45) is 5.59. The first-order valence-corrected chi connectivity index (χ1v) is 5.72. The average Bonchev–Trinajstić information content (AvgIpc) is 2.19. The maximum Gasteiger partial charge on any atom is 0.137 e. The van der Waals surface area contributed by atoms with Crippen molar-refractivity contribution in [2.24, 2.45) is 0 Å². The predicted molar refractivity (Wildman–Crippen MR) is 62.3 cm³/mol. The highest BCUT2D eigenvalue weighted by Gasteiger charge is 2.02. The molecule has 0 unspecified atom stereocenters.